The van der Waals surface area contributed by atoms with Crippen LogP contribution in [0.25, 0.3) is 0 Å². The number of benzene rings is 1. The number of carbonyl (C=O) groups is 1. The number of aryl methyl sites for hydroxylation is 1. The van der Waals surface area contributed by atoms with Crippen molar-refractivity contribution in [1.82, 2.24) is 0 Å². The second-order valence-electron chi connectivity index (χ2n) is 8.53. The Kier molecular flexibility index (Phi) is 7.31. The molecule has 1 aromatic carbocycles. The molecule has 8 heteroatoms. The molecule has 6 atom stereocenters. The summed E-state index contributed by atoms with van der Waals surface area (Å²) in [4.78, 5) is 11.2. The summed E-state index contributed by atoms with van der Waals surface area (Å²) in [6.07, 6.45) is -2.27. The monoisotopic (exact) mass is 442 g/mol. The number of halogens is 3. The van der Waals surface area contributed by atoms with Crippen molar-refractivity contribution in [3.8, 4) is 5.75 Å². The van der Waals surface area contributed by atoms with Crippen LogP contribution in [-0.2, 0) is 6.42 Å². The second kappa shape index (κ2) is 9.61. The first-order valence-electron chi connectivity index (χ1n) is 10.8. The van der Waals surface area contributed by atoms with E-state index in [4.69, 9.17) is 4.74 Å². The highest BCUT2D eigenvalue weighted by atomic mass is 19.4. The molecule has 1 aliphatic heterocycles. The smallest absolute Gasteiger partial charge is 0.394 e. The molecule has 31 heavy (non-hydrogen) atoms. The van der Waals surface area contributed by atoms with Crippen LogP contribution < -0.4 is 4.74 Å². The molecule has 3 rings (SSSR count). The third-order valence-electron chi connectivity index (χ3n) is 6.46. The molecule has 0 amide bonds. The first-order valence-corrected chi connectivity index (χ1v) is 10.8. The molecule has 1 aliphatic carbocycles. The zero-order valence-electron chi connectivity index (χ0n) is 17.4. The fourth-order valence-electron chi connectivity index (χ4n) is 4.71. The average Bonchev–Trinajstić information content (AvgIpc) is 2.86. The maximum atomic E-state index is 13.3. The number of fused-ring (bicyclic) bond motifs is 2. The van der Waals surface area contributed by atoms with E-state index < -0.39 is 36.2 Å². The topological polar surface area (TPSA) is 87.0 Å². The van der Waals surface area contributed by atoms with Crippen molar-refractivity contribution in [1.29, 1.82) is 0 Å². The van der Waals surface area contributed by atoms with Crippen molar-refractivity contribution < 1.29 is 38.0 Å². The van der Waals surface area contributed by atoms with Gasteiger partial charge in [0.1, 0.15) is 11.9 Å². The first kappa shape index (κ1) is 23.6. The third-order valence-corrected chi connectivity index (χ3v) is 6.46. The number of carboxylic acid groups (broad SMARTS) is 1. The van der Waals surface area contributed by atoms with Crippen LogP contribution in [0.15, 0.2) is 30.4 Å². The van der Waals surface area contributed by atoms with Gasteiger partial charge in [-0.15, -0.1) is 0 Å². The van der Waals surface area contributed by atoms with Crippen LogP contribution in [0.4, 0.5) is 13.2 Å². The van der Waals surface area contributed by atoms with Gasteiger partial charge in [0, 0.05) is 18.3 Å². The van der Waals surface area contributed by atoms with Gasteiger partial charge >= 0.3 is 12.1 Å². The molecule has 1 aromatic rings. The van der Waals surface area contributed by atoms with E-state index in [0.717, 1.165) is 5.56 Å². The standard InChI is InChI=1S/C23H29F3O5/c1-2-3-4-17(23(24,25)26)18(27)10-9-15-16-8-7-13-5-6-14(22(29)30)11-20(13)31-21(16)12-19(15)28/h5-6,9-11,15-19,21,27-28H,2-4,7-8,12H2,1H3,(H,29,30)/b10-9+/t15-,16-,17+,18+,19-,21+/m1/s1. The second-order valence-corrected chi connectivity index (χ2v) is 8.53. The summed E-state index contributed by atoms with van der Waals surface area (Å²) >= 11 is 0. The van der Waals surface area contributed by atoms with Crippen LogP contribution in [0.3, 0.4) is 0 Å². The van der Waals surface area contributed by atoms with Crippen molar-refractivity contribution in [3.63, 3.8) is 0 Å². The van der Waals surface area contributed by atoms with Gasteiger partial charge in [0.25, 0.3) is 0 Å². The molecule has 0 aromatic heterocycles. The summed E-state index contributed by atoms with van der Waals surface area (Å²) in [5.74, 6) is -2.99. The lowest BCUT2D eigenvalue weighted by molar-refractivity contribution is -0.195. The number of carboxylic acids is 1. The minimum Gasteiger partial charge on any atom is -0.490 e. The molecule has 3 N–H and O–H groups in total. The molecule has 2 aliphatic rings. The number of hydrogen-bond donors (Lipinski definition) is 3. The van der Waals surface area contributed by atoms with E-state index in [1.807, 2.05) is 0 Å². The summed E-state index contributed by atoms with van der Waals surface area (Å²) in [7, 11) is 0. The Hall–Kier alpha value is -2.06. The van der Waals surface area contributed by atoms with Crippen LogP contribution >= 0.6 is 0 Å². The largest absolute Gasteiger partial charge is 0.490 e. The Bertz CT molecular complexity index is 807. The van der Waals surface area contributed by atoms with E-state index in [9.17, 15) is 33.3 Å². The fraction of sp³-hybridized carbons (Fsp3) is 0.609. The summed E-state index contributed by atoms with van der Waals surface area (Å²) in [6.45, 7) is 1.80. The Morgan fingerprint density at radius 1 is 1.35 bits per heavy atom. The highest BCUT2D eigenvalue weighted by molar-refractivity contribution is 5.88. The van der Waals surface area contributed by atoms with E-state index >= 15 is 0 Å². The van der Waals surface area contributed by atoms with Crippen molar-refractivity contribution in [3.05, 3.63) is 41.5 Å². The quantitative estimate of drug-likeness (QED) is 0.546. The average molecular weight is 442 g/mol. The molecule has 0 saturated heterocycles. The van der Waals surface area contributed by atoms with E-state index in [1.54, 1.807) is 13.0 Å². The molecule has 172 valence electrons. The van der Waals surface area contributed by atoms with E-state index in [0.29, 0.717) is 37.9 Å². The van der Waals surface area contributed by atoms with Gasteiger partial charge in [0.15, 0.2) is 0 Å². The van der Waals surface area contributed by atoms with Crippen molar-refractivity contribution in [2.24, 2.45) is 17.8 Å². The van der Waals surface area contributed by atoms with Crippen LogP contribution in [0, 0.1) is 17.8 Å². The highest BCUT2D eigenvalue weighted by Crippen LogP contribution is 2.43. The molecule has 1 fully saturated rings. The molecule has 1 saturated carbocycles. The number of aliphatic hydroxyl groups excluding tert-OH is 2. The Morgan fingerprint density at radius 2 is 2.10 bits per heavy atom. The van der Waals surface area contributed by atoms with Gasteiger partial charge in [-0.1, -0.05) is 38.0 Å². The van der Waals surface area contributed by atoms with Gasteiger partial charge in [-0.3, -0.25) is 0 Å². The van der Waals surface area contributed by atoms with E-state index in [-0.39, 0.29) is 24.0 Å². The van der Waals surface area contributed by atoms with Crippen molar-refractivity contribution in [2.75, 3.05) is 0 Å². The Labute approximate surface area is 179 Å². The van der Waals surface area contributed by atoms with Gasteiger partial charge in [-0.05, 0) is 37.0 Å². The van der Waals surface area contributed by atoms with Crippen LogP contribution in [0.5, 0.6) is 5.75 Å². The number of hydrogen-bond acceptors (Lipinski definition) is 4. The maximum absolute atomic E-state index is 13.3. The van der Waals surface area contributed by atoms with Gasteiger partial charge < -0.3 is 20.1 Å². The van der Waals surface area contributed by atoms with Crippen molar-refractivity contribution in [2.45, 2.75) is 69.9 Å². The Balaban J connectivity index is 1.74. The zero-order valence-corrected chi connectivity index (χ0v) is 17.4. The molecular weight excluding hydrogens is 413 g/mol. The van der Waals surface area contributed by atoms with Gasteiger partial charge in [-0.2, -0.15) is 13.2 Å². The van der Waals surface area contributed by atoms with E-state index in [2.05, 4.69) is 0 Å². The minimum absolute atomic E-state index is 0.112. The van der Waals surface area contributed by atoms with Crippen LogP contribution in [-0.4, -0.2) is 45.8 Å². The minimum atomic E-state index is -4.50. The first-order chi connectivity index (χ1) is 14.6. The number of aliphatic hydroxyl groups is 2. The summed E-state index contributed by atoms with van der Waals surface area (Å²) in [6, 6.07) is 4.70. The summed E-state index contributed by atoms with van der Waals surface area (Å²) in [5, 5.41) is 29.9. The highest BCUT2D eigenvalue weighted by Gasteiger charge is 2.45. The van der Waals surface area contributed by atoms with Gasteiger partial charge in [0.2, 0.25) is 0 Å². The lowest BCUT2D eigenvalue weighted by atomic mass is 9.87. The predicted molar refractivity (Wildman–Crippen MR) is 108 cm³/mol. The SMILES string of the molecule is CCCC[C@@H]([C@@H](O)/C=C/[C@@H]1[C@H]2CCc3ccc(C(=O)O)cc3O[C@H]2C[C@H]1O)C(F)(F)F. The third kappa shape index (κ3) is 5.41. The molecule has 0 spiro atoms. The Morgan fingerprint density at radius 3 is 2.74 bits per heavy atom. The number of alkyl halides is 3. The maximum Gasteiger partial charge on any atom is 0.394 e. The van der Waals surface area contributed by atoms with E-state index in [1.165, 1.54) is 24.3 Å². The van der Waals surface area contributed by atoms with Gasteiger partial charge in [0.05, 0.1) is 23.7 Å². The van der Waals surface area contributed by atoms with Crippen LogP contribution in [0.2, 0.25) is 0 Å². The normalized spacial score (nSPS) is 27.8. The lowest BCUT2D eigenvalue weighted by Crippen LogP contribution is -2.33. The van der Waals surface area contributed by atoms with Crippen molar-refractivity contribution >= 4 is 5.97 Å². The fourth-order valence-corrected chi connectivity index (χ4v) is 4.71. The van der Waals surface area contributed by atoms with Gasteiger partial charge in [-0.25, -0.2) is 4.79 Å². The molecule has 0 unspecified atom stereocenters. The molecule has 0 radical (unpaired) electrons. The van der Waals surface area contributed by atoms with Crippen LogP contribution in [0.1, 0.15) is 54.9 Å². The molecule has 5 nitrogen and oxygen atoms in total. The molecular formula is C23H29F3O5. The number of aromatic carboxylic acids is 1. The summed E-state index contributed by atoms with van der Waals surface area (Å²) < 4.78 is 46.0. The number of rotatable bonds is 7. The number of unbranched alkanes of at least 4 members (excludes halogenated alkanes) is 1. The lowest BCUT2D eigenvalue weighted by Gasteiger charge is -2.25. The summed E-state index contributed by atoms with van der Waals surface area (Å²) in [5.41, 5.74) is 0.981. The predicted octanol–water partition coefficient (Wildman–Crippen LogP) is 4.36. The number of ether oxygens (including phenoxy) is 1. The molecule has 1 heterocycles. The zero-order chi connectivity index (χ0) is 22.8. The molecule has 0 bridgehead atoms.